The van der Waals surface area contributed by atoms with E-state index in [1.165, 1.54) is 19.1 Å². The highest BCUT2D eigenvalue weighted by Gasteiger charge is 2.20. The largest absolute Gasteiger partial charge is 0.507 e. The normalized spacial score (nSPS) is 11.7. The molecule has 0 fully saturated rings. The Morgan fingerprint density at radius 2 is 2.11 bits per heavy atom. The molecule has 0 spiro atoms. The van der Waals surface area contributed by atoms with Gasteiger partial charge in [-0.05, 0) is 26.0 Å². The van der Waals surface area contributed by atoms with E-state index in [9.17, 15) is 19.1 Å². The Morgan fingerprint density at radius 1 is 1.44 bits per heavy atom. The number of nitrogens with one attached hydrogen (secondary N) is 2. The number of aromatic hydroxyl groups is 1. The number of benzene rings is 1. The molecule has 2 amide bonds. The fourth-order valence-electron chi connectivity index (χ4n) is 1.40. The average Bonchev–Trinajstić information content (AvgIpc) is 2.28. The molecular weight excluding hydrogens is 239 g/mol. The minimum atomic E-state index is -0.837. The highest BCUT2D eigenvalue weighted by atomic mass is 19.1. The molecule has 0 saturated carbocycles. The van der Waals surface area contributed by atoms with Crippen LogP contribution in [0.2, 0.25) is 0 Å². The van der Waals surface area contributed by atoms with Crippen LogP contribution in [-0.2, 0) is 4.79 Å². The fourth-order valence-corrected chi connectivity index (χ4v) is 1.40. The zero-order valence-corrected chi connectivity index (χ0v) is 10.2. The lowest BCUT2D eigenvalue weighted by Crippen LogP contribution is -2.44. The highest BCUT2D eigenvalue weighted by Crippen LogP contribution is 2.19. The molecule has 0 saturated heterocycles. The second-order valence-corrected chi connectivity index (χ2v) is 3.72. The van der Waals surface area contributed by atoms with Crippen molar-refractivity contribution in [3.8, 4) is 5.75 Å². The van der Waals surface area contributed by atoms with Crippen LogP contribution in [0.5, 0.6) is 5.75 Å². The smallest absolute Gasteiger partial charge is 0.258 e. The lowest BCUT2D eigenvalue weighted by Gasteiger charge is -2.14. The van der Waals surface area contributed by atoms with E-state index < -0.39 is 29.1 Å². The summed E-state index contributed by atoms with van der Waals surface area (Å²) in [7, 11) is 0. The van der Waals surface area contributed by atoms with E-state index in [0.29, 0.717) is 6.54 Å². The summed E-state index contributed by atoms with van der Waals surface area (Å²) < 4.78 is 13.4. The second-order valence-electron chi connectivity index (χ2n) is 3.72. The summed E-state index contributed by atoms with van der Waals surface area (Å²) >= 11 is 0. The first-order chi connectivity index (χ1) is 8.47. The lowest BCUT2D eigenvalue weighted by molar-refractivity contribution is -0.122. The van der Waals surface area contributed by atoms with Crippen LogP contribution in [0.25, 0.3) is 0 Å². The van der Waals surface area contributed by atoms with Crippen LogP contribution < -0.4 is 10.6 Å². The van der Waals surface area contributed by atoms with E-state index in [1.54, 1.807) is 6.92 Å². The Kier molecular flexibility index (Phi) is 4.65. The molecule has 0 bridgehead atoms. The molecule has 0 aliphatic rings. The van der Waals surface area contributed by atoms with Gasteiger partial charge in [-0.25, -0.2) is 4.39 Å². The third-order valence-electron chi connectivity index (χ3n) is 2.31. The van der Waals surface area contributed by atoms with E-state index in [-0.39, 0.29) is 5.91 Å². The van der Waals surface area contributed by atoms with Gasteiger partial charge in [-0.1, -0.05) is 6.07 Å². The van der Waals surface area contributed by atoms with Gasteiger partial charge >= 0.3 is 0 Å². The van der Waals surface area contributed by atoms with E-state index in [1.807, 2.05) is 0 Å². The Morgan fingerprint density at radius 3 is 2.67 bits per heavy atom. The van der Waals surface area contributed by atoms with Crippen molar-refractivity contribution in [2.75, 3.05) is 6.54 Å². The van der Waals surface area contributed by atoms with Crippen LogP contribution in [0, 0.1) is 5.82 Å². The van der Waals surface area contributed by atoms with Crippen molar-refractivity contribution in [1.29, 1.82) is 0 Å². The van der Waals surface area contributed by atoms with Gasteiger partial charge in [0.05, 0.1) is 0 Å². The van der Waals surface area contributed by atoms with E-state index >= 15 is 0 Å². The number of hydrogen-bond donors (Lipinski definition) is 3. The molecule has 1 unspecified atom stereocenters. The molecule has 0 aliphatic heterocycles. The number of rotatable bonds is 4. The maximum atomic E-state index is 13.4. The molecule has 1 atom stereocenters. The van der Waals surface area contributed by atoms with Crippen LogP contribution in [0.3, 0.4) is 0 Å². The number of amides is 2. The monoisotopic (exact) mass is 254 g/mol. The minimum Gasteiger partial charge on any atom is -0.507 e. The molecule has 0 heterocycles. The first-order valence-corrected chi connectivity index (χ1v) is 5.53. The molecule has 0 aromatic heterocycles. The summed E-state index contributed by atoms with van der Waals surface area (Å²) in [5.74, 6) is -2.50. The Labute approximate surface area is 104 Å². The molecule has 0 aliphatic carbocycles. The summed E-state index contributed by atoms with van der Waals surface area (Å²) in [4.78, 5) is 23.1. The summed E-state index contributed by atoms with van der Waals surface area (Å²) in [6.07, 6.45) is 0. The van der Waals surface area contributed by atoms with Crippen molar-refractivity contribution in [2.24, 2.45) is 0 Å². The van der Waals surface area contributed by atoms with Crippen LogP contribution in [-0.4, -0.2) is 29.5 Å². The van der Waals surface area contributed by atoms with Gasteiger partial charge in [-0.3, -0.25) is 9.59 Å². The van der Waals surface area contributed by atoms with Gasteiger partial charge in [0.2, 0.25) is 5.91 Å². The minimum absolute atomic E-state index is 0.373. The van der Waals surface area contributed by atoms with Gasteiger partial charge in [-0.2, -0.15) is 0 Å². The van der Waals surface area contributed by atoms with Crippen molar-refractivity contribution < 1.29 is 19.1 Å². The highest BCUT2D eigenvalue weighted by molar-refractivity contribution is 5.99. The molecule has 1 aromatic rings. The molecule has 3 N–H and O–H groups in total. The number of likely N-dealkylation sites (N-methyl/N-ethyl adjacent to an activating group) is 1. The van der Waals surface area contributed by atoms with Gasteiger partial charge in [0, 0.05) is 6.54 Å². The van der Waals surface area contributed by atoms with Gasteiger partial charge in [0.1, 0.15) is 23.2 Å². The molecular formula is C12H15FN2O3. The summed E-state index contributed by atoms with van der Waals surface area (Å²) in [6.45, 7) is 3.65. The number of hydrogen-bond acceptors (Lipinski definition) is 3. The Bertz CT molecular complexity index is 442. The summed E-state index contributed by atoms with van der Waals surface area (Å²) in [5.41, 5.74) is -0.464. The first-order valence-electron chi connectivity index (χ1n) is 5.53. The van der Waals surface area contributed by atoms with Crippen molar-refractivity contribution in [2.45, 2.75) is 19.9 Å². The van der Waals surface area contributed by atoms with Gasteiger partial charge in [0.15, 0.2) is 0 Å². The van der Waals surface area contributed by atoms with Crippen molar-refractivity contribution in [3.63, 3.8) is 0 Å². The molecule has 18 heavy (non-hydrogen) atoms. The van der Waals surface area contributed by atoms with E-state index in [0.717, 1.165) is 6.07 Å². The number of halogens is 1. The SMILES string of the molecule is CCNC(=O)C(C)NC(=O)c1c(O)cccc1F. The zero-order valence-electron chi connectivity index (χ0n) is 10.2. The lowest BCUT2D eigenvalue weighted by atomic mass is 10.1. The number of phenolic OH excluding ortho intramolecular Hbond substituents is 1. The van der Waals surface area contributed by atoms with E-state index in [4.69, 9.17) is 0 Å². The third-order valence-corrected chi connectivity index (χ3v) is 2.31. The van der Waals surface area contributed by atoms with Crippen LogP contribution in [0.1, 0.15) is 24.2 Å². The molecule has 98 valence electrons. The van der Waals surface area contributed by atoms with Crippen LogP contribution >= 0.6 is 0 Å². The Hall–Kier alpha value is -2.11. The maximum Gasteiger partial charge on any atom is 0.258 e. The first kappa shape index (κ1) is 14.0. The number of phenols is 1. The van der Waals surface area contributed by atoms with E-state index in [2.05, 4.69) is 10.6 Å². The molecule has 0 radical (unpaired) electrons. The third kappa shape index (κ3) is 3.19. The van der Waals surface area contributed by atoms with Crippen molar-refractivity contribution in [1.82, 2.24) is 10.6 Å². The van der Waals surface area contributed by atoms with Gasteiger partial charge in [-0.15, -0.1) is 0 Å². The quantitative estimate of drug-likeness (QED) is 0.743. The van der Waals surface area contributed by atoms with Crippen molar-refractivity contribution in [3.05, 3.63) is 29.6 Å². The number of carbonyl (C=O) groups excluding carboxylic acids is 2. The molecule has 6 heteroatoms. The fraction of sp³-hybridized carbons (Fsp3) is 0.333. The van der Waals surface area contributed by atoms with Crippen molar-refractivity contribution >= 4 is 11.8 Å². The topological polar surface area (TPSA) is 78.4 Å². The molecule has 1 aromatic carbocycles. The second kappa shape index (κ2) is 6.00. The average molecular weight is 254 g/mol. The Balaban J connectivity index is 2.80. The van der Waals surface area contributed by atoms with Gasteiger partial charge in [0.25, 0.3) is 5.91 Å². The molecule has 5 nitrogen and oxygen atoms in total. The van der Waals surface area contributed by atoms with Crippen LogP contribution in [0.15, 0.2) is 18.2 Å². The standard InChI is InChI=1S/C12H15FN2O3/c1-3-14-11(17)7(2)15-12(18)10-8(13)5-4-6-9(10)16/h4-7,16H,3H2,1-2H3,(H,14,17)(H,15,18). The number of carbonyl (C=O) groups is 2. The summed E-state index contributed by atoms with van der Waals surface area (Å²) in [5, 5.41) is 14.2. The molecule has 1 rings (SSSR count). The zero-order chi connectivity index (χ0) is 13.7. The van der Waals surface area contributed by atoms with Gasteiger partial charge < -0.3 is 15.7 Å². The van der Waals surface area contributed by atoms with Crippen LogP contribution in [0.4, 0.5) is 4.39 Å². The maximum absolute atomic E-state index is 13.4. The predicted octanol–water partition coefficient (Wildman–Crippen LogP) is 0.786. The predicted molar refractivity (Wildman–Crippen MR) is 63.7 cm³/mol. The summed E-state index contributed by atoms with van der Waals surface area (Å²) in [6, 6.07) is 2.74.